The van der Waals surface area contributed by atoms with E-state index in [-0.39, 0.29) is 33.1 Å². The number of fused-ring (bicyclic) bond motifs is 1. The van der Waals surface area contributed by atoms with Gasteiger partial charge in [-0.25, -0.2) is 18.7 Å². The third-order valence-corrected chi connectivity index (χ3v) is 7.21. The minimum absolute atomic E-state index is 0.0566. The van der Waals surface area contributed by atoms with Crippen molar-refractivity contribution in [3.8, 4) is 22.9 Å². The molecule has 2 aromatic heterocycles. The van der Waals surface area contributed by atoms with Crippen LogP contribution in [0.1, 0.15) is 4.88 Å². The lowest BCUT2D eigenvalue weighted by Crippen LogP contribution is -2.49. The Balaban J connectivity index is 1.43. The molecule has 1 saturated heterocycles. The number of nitrogens with zero attached hydrogens (tertiary/aromatic N) is 5. The number of carbonyl (C=O) groups excluding carboxylic acids is 1. The van der Waals surface area contributed by atoms with Crippen LogP contribution in [-0.4, -0.2) is 52.1 Å². The molecule has 37 heavy (non-hydrogen) atoms. The molecule has 1 aliphatic heterocycles. The van der Waals surface area contributed by atoms with E-state index in [1.54, 1.807) is 11.0 Å². The predicted molar refractivity (Wildman–Crippen MR) is 138 cm³/mol. The molecular formula is C26H18ClF2N5O2S. The smallest absolute Gasteiger partial charge is 0.264 e. The van der Waals surface area contributed by atoms with Crippen molar-refractivity contribution in [2.45, 2.75) is 0 Å². The molecule has 0 bridgehead atoms. The normalized spacial score (nSPS) is 14.2. The monoisotopic (exact) mass is 537 g/mol. The Morgan fingerprint density at radius 2 is 1.92 bits per heavy atom. The molecule has 1 amide bonds. The second-order valence-electron chi connectivity index (χ2n) is 8.24. The molecule has 0 unspecified atom stereocenters. The average Bonchev–Trinajstić information content (AvgIpc) is 3.42. The zero-order valence-corrected chi connectivity index (χ0v) is 20.7. The summed E-state index contributed by atoms with van der Waals surface area (Å²) in [6, 6.07) is 10.8. The van der Waals surface area contributed by atoms with E-state index in [4.69, 9.17) is 11.6 Å². The molecule has 5 rings (SSSR count). The molecule has 0 atom stereocenters. The number of rotatable bonds is 4. The van der Waals surface area contributed by atoms with Crippen molar-refractivity contribution in [2.75, 3.05) is 31.1 Å². The van der Waals surface area contributed by atoms with E-state index in [1.165, 1.54) is 35.9 Å². The number of anilines is 1. The number of hydrogen-bond acceptors (Lipinski definition) is 7. The number of amides is 1. The first-order valence-corrected chi connectivity index (χ1v) is 12.4. The fraction of sp³-hybridized carbons (Fsp3) is 0.154. The van der Waals surface area contributed by atoms with Crippen molar-refractivity contribution in [3.05, 3.63) is 75.2 Å². The molecule has 1 fully saturated rings. The van der Waals surface area contributed by atoms with Crippen molar-refractivity contribution in [1.82, 2.24) is 14.9 Å². The minimum Gasteiger partial charge on any atom is -0.507 e. The summed E-state index contributed by atoms with van der Waals surface area (Å²) in [7, 11) is 0. The molecule has 186 valence electrons. The van der Waals surface area contributed by atoms with E-state index in [0.29, 0.717) is 37.4 Å². The first-order valence-electron chi connectivity index (χ1n) is 11.2. The largest absolute Gasteiger partial charge is 0.507 e. The quantitative estimate of drug-likeness (QED) is 0.282. The average molecular weight is 538 g/mol. The zero-order valence-electron chi connectivity index (χ0n) is 19.2. The van der Waals surface area contributed by atoms with Gasteiger partial charge in [-0.05, 0) is 35.7 Å². The molecule has 1 aliphatic rings. The fourth-order valence-electron chi connectivity index (χ4n) is 4.31. The lowest BCUT2D eigenvalue weighted by Gasteiger charge is -2.35. The van der Waals surface area contributed by atoms with Crippen molar-refractivity contribution in [1.29, 1.82) is 5.26 Å². The highest BCUT2D eigenvalue weighted by molar-refractivity contribution is 7.10. The van der Waals surface area contributed by atoms with Crippen LogP contribution in [0, 0.1) is 23.0 Å². The number of benzene rings is 2. The van der Waals surface area contributed by atoms with Gasteiger partial charge in [-0.2, -0.15) is 5.26 Å². The van der Waals surface area contributed by atoms with E-state index in [1.807, 2.05) is 28.5 Å². The van der Waals surface area contributed by atoms with Crippen LogP contribution in [0.3, 0.4) is 0 Å². The Bertz CT molecular complexity index is 1560. The number of halogens is 3. The van der Waals surface area contributed by atoms with Crippen LogP contribution >= 0.6 is 22.9 Å². The number of hydrogen-bond donors (Lipinski definition) is 1. The van der Waals surface area contributed by atoms with E-state index in [9.17, 15) is 19.6 Å². The first-order chi connectivity index (χ1) is 17.9. The fourth-order valence-corrected chi connectivity index (χ4v) is 5.25. The van der Waals surface area contributed by atoms with Crippen molar-refractivity contribution in [2.24, 2.45) is 0 Å². The third kappa shape index (κ3) is 4.59. The van der Waals surface area contributed by atoms with Crippen LogP contribution in [0.4, 0.5) is 14.6 Å². The summed E-state index contributed by atoms with van der Waals surface area (Å²) in [4.78, 5) is 25.6. The van der Waals surface area contributed by atoms with Gasteiger partial charge in [-0.3, -0.25) is 4.79 Å². The Morgan fingerprint density at radius 3 is 2.59 bits per heavy atom. The maximum atomic E-state index is 15.6. The van der Waals surface area contributed by atoms with Gasteiger partial charge < -0.3 is 14.9 Å². The summed E-state index contributed by atoms with van der Waals surface area (Å²) in [5.41, 5.74) is -0.646. The van der Waals surface area contributed by atoms with Crippen LogP contribution < -0.4 is 4.90 Å². The number of nitriles is 1. The molecule has 4 aromatic rings. The van der Waals surface area contributed by atoms with Crippen LogP contribution in [0.15, 0.2) is 53.7 Å². The van der Waals surface area contributed by atoms with E-state index in [2.05, 4.69) is 9.97 Å². The van der Waals surface area contributed by atoms with Crippen molar-refractivity contribution >= 4 is 51.6 Å². The van der Waals surface area contributed by atoms with Crippen LogP contribution in [0.2, 0.25) is 5.02 Å². The highest BCUT2D eigenvalue weighted by Crippen LogP contribution is 2.42. The number of thiophene rings is 1. The standard InChI is InChI=1S/C26H18ClF2N5O2S/c27-18-12-17-24(23(29)21(18)22-19(28)4-1-5-20(22)35)31-14-32-25(17)33-6-8-34(9-7-33)26(36)15(13-30)11-16-3-2-10-37-16/h1-5,10-12,14,35H,6-9H2/b15-11+. The molecule has 0 spiro atoms. The highest BCUT2D eigenvalue weighted by atomic mass is 35.5. The molecule has 3 heterocycles. The Morgan fingerprint density at radius 1 is 1.14 bits per heavy atom. The summed E-state index contributed by atoms with van der Waals surface area (Å²) in [5.74, 6) is -2.08. The van der Waals surface area contributed by atoms with Gasteiger partial charge in [0.1, 0.15) is 40.9 Å². The summed E-state index contributed by atoms with van der Waals surface area (Å²) in [5, 5.41) is 21.7. The summed E-state index contributed by atoms with van der Waals surface area (Å²) >= 11 is 7.83. The van der Waals surface area contributed by atoms with Gasteiger partial charge in [0.05, 0.1) is 10.6 Å². The van der Waals surface area contributed by atoms with Crippen LogP contribution in [0.5, 0.6) is 5.75 Å². The molecule has 11 heteroatoms. The number of aromatic nitrogens is 2. The maximum absolute atomic E-state index is 15.6. The number of piperazine rings is 1. The van der Waals surface area contributed by atoms with E-state index < -0.39 is 17.4 Å². The van der Waals surface area contributed by atoms with Gasteiger partial charge in [-0.15, -0.1) is 11.3 Å². The minimum atomic E-state index is -0.877. The summed E-state index contributed by atoms with van der Waals surface area (Å²) in [6.07, 6.45) is 2.78. The lowest BCUT2D eigenvalue weighted by atomic mass is 10.0. The Kier molecular flexibility index (Phi) is 6.74. The topological polar surface area (TPSA) is 93.4 Å². The third-order valence-electron chi connectivity index (χ3n) is 6.09. The van der Waals surface area contributed by atoms with Crippen molar-refractivity contribution in [3.63, 3.8) is 0 Å². The second-order valence-corrected chi connectivity index (χ2v) is 9.63. The van der Waals surface area contributed by atoms with Crippen molar-refractivity contribution < 1.29 is 18.7 Å². The van der Waals surface area contributed by atoms with Gasteiger partial charge in [-0.1, -0.05) is 23.7 Å². The number of phenolic OH excluding ortho intramolecular Hbond substituents is 1. The Hall–Kier alpha value is -4.07. The maximum Gasteiger partial charge on any atom is 0.264 e. The molecule has 0 radical (unpaired) electrons. The van der Waals surface area contributed by atoms with E-state index >= 15 is 4.39 Å². The first kappa shape index (κ1) is 24.6. The van der Waals surface area contributed by atoms with Gasteiger partial charge in [0.2, 0.25) is 0 Å². The number of carbonyl (C=O) groups is 1. The predicted octanol–water partition coefficient (Wildman–Crippen LogP) is 5.25. The number of phenols is 1. The Labute approximate surface area is 219 Å². The SMILES string of the molecule is N#C/C(=C\c1cccs1)C(=O)N1CCN(c2ncnc3c(F)c(-c4c(O)cccc4F)c(Cl)cc23)CC1. The summed E-state index contributed by atoms with van der Waals surface area (Å²) < 4.78 is 30.1. The van der Waals surface area contributed by atoms with E-state index in [0.717, 1.165) is 10.9 Å². The van der Waals surface area contributed by atoms with Crippen LogP contribution in [-0.2, 0) is 4.79 Å². The van der Waals surface area contributed by atoms with Gasteiger partial charge in [0.25, 0.3) is 5.91 Å². The van der Waals surface area contributed by atoms with Gasteiger partial charge in [0, 0.05) is 42.0 Å². The molecule has 2 aromatic carbocycles. The molecule has 0 aliphatic carbocycles. The lowest BCUT2D eigenvalue weighted by molar-refractivity contribution is -0.126. The molecule has 7 nitrogen and oxygen atoms in total. The van der Waals surface area contributed by atoms with Gasteiger partial charge in [0.15, 0.2) is 5.82 Å². The molecule has 0 saturated carbocycles. The zero-order chi connectivity index (χ0) is 26.1. The second kappa shape index (κ2) is 10.1. The number of aromatic hydroxyl groups is 1. The highest BCUT2D eigenvalue weighted by Gasteiger charge is 2.27. The molecular weight excluding hydrogens is 520 g/mol. The van der Waals surface area contributed by atoms with Crippen LogP contribution in [0.25, 0.3) is 28.1 Å². The summed E-state index contributed by atoms with van der Waals surface area (Å²) in [6.45, 7) is 1.41. The van der Waals surface area contributed by atoms with Gasteiger partial charge >= 0.3 is 0 Å². The molecule has 1 N–H and O–H groups in total.